The highest BCUT2D eigenvalue weighted by Gasteiger charge is 2.19. The van der Waals surface area contributed by atoms with E-state index in [9.17, 15) is 0 Å². The second kappa shape index (κ2) is 10.8. The van der Waals surface area contributed by atoms with Gasteiger partial charge >= 0.3 is 0 Å². The van der Waals surface area contributed by atoms with Gasteiger partial charge in [0.2, 0.25) is 0 Å². The molecular formula is C43H27N3. The van der Waals surface area contributed by atoms with E-state index < -0.39 is 0 Å². The average molecular weight is 586 g/mol. The van der Waals surface area contributed by atoms with Crippen LogP contribution in [0.25, 0.3) is 88.4 Å². The highest BCUT2D eigenvalue weighted by atomic mass is 15.0. The molecule has 1 heterocycles. The fourth-order valence-electron chi connectivity index (χ4n) is 6.83. The Bertz CT molecular complexity index is 2520. The fourth-order valence-corrected chi connectivity index (χ4v) is 6.83. The summed E-state index contributed by atoms with van der Waals surface area (Å²) in [6.07, 6.45) is 0. The van der Waals surface area contributed by atoms with E-state index in [1.165, 1.54) is 43.1 Å². The molecule has 9 aromatic rings. The minimum Gasteiger partial charge on any atom is -0.208 e. The van der Waals surface area contributed by atoms with E-state index in [0.717, 1.165) is 27.8 Å². The number of rotatable bonds is 4. The van der Waals surface area contributed by atoms with Crippen LogP contribution in [-0.2, 0) is 0 Å². The molecular weight excluding hydrogens is 558 g/mol. The van der Waals surface area contributed by atoms with Gasteiger partial charge in [-0.3, -0.25) is 0 Å². The van der Waals surface area contributed by atoms with Crippen molar-refractivity contribution in [1.29, 1.82) is 0 Å². The van der Waals surface area contributed by atoms with Gasteiger partial charge in [0.1, 0.15) is 0 Å². The van der Waals surface area contributed by atoms with Crippen molar-refractivity contribution < 1.29 is 0 Å². The molecule has 0 aliphatic rings. The zero-order valence-corrected chi connectivity index (χ0v) is 24.9. The number of hydrogen-bond acceptors (Lipinski definition) is 3. The predicted molar refractivity (Wildman–Crippen MR) is 192 cm³/mol. The Hall–Kier alpha value is -6.19. The van der Waals surface area contributed by atoms with Crippen LogP contribution in [0.1, 0.15) is 0 Å². The van der Waals surface area contributed by atoms with E-state index in [0.29, 0.717) is 17.5 Å². The van der Waals surface area contributed by atoms with Crippen LogP contribution in [0.15, 0.2) is 164 Å². The molecule has 214 valence electrons. The third-order valence-electron chi connectivity index (χ3n) is 8.91. The van der Waals surface area contributed by atoms with Crippen molar-refractivity contribution in [2.24, 2.45) is 0 Å². The van der Waals surface area contributed by atoms with Crippen LogP contribution in [0.5, 0.6) is 0 Å². The highest BCUT2D eigenvalue weighted by Crippen LogP contribution is 2.44. The fraction of sp³-hybridized carbons (Fsp3) is 0. The number of aromatic nitrogens is 3. The maximum atomic E-state index is 5.10. The molecule has 3 nitrogen and oxygen atoms in total. The Morgan fingerprint density at radius 3 is 1.24 bits per heavy atom. The Balaban J connectivity index is 1.37. The van der Waals surface area contributed by atoms with Gasteiger partial charge in [-0.25, -0.2) is 15.0 Å². The first kappa shape index (κ1) is 26.2. The van der Waals surface area contributed by atoms with Gasteiger partial charge in [-0.2, -0.15) is 0 Å². The summed E-state index contributed by atoms with van der Waals surface area (Å²) in [5.74, 6) is 1.95. The van der Waals surface area contributed by atoms with Gasteiger partial charge in [-0.1, -0.05) is 158 Å². The van der Waals surface area contributed by atoms with Crippen molar-refractivity contribution in [3.63, 3.8) is 0 Å². The third-order valence-corrected chi connectivity index (χ3v) is 8.91. The molecule has 0 aliphatic carbocycles. The molecule has 0 saturated heterocycles. The van der Waals surface area contributed by atoms with E-state index >= 15 is 0 Å². The largest absolute Gasteiger partial charge is 0.208 e. The first-order valence-corrected chi connectivity index (χ1v) is 15.5. The molecule has 0 bridgehead atoms. The lowest BCUT2D eigenvalue weighted by atomic mass is 9.86. The smallest absolute Gasteiger partial charge is 0.164 e. The number of fused-ring (bicyclic) bond motifs is 8. The van der Waals surface area contributed by atoms with Gasteiger partial charge in [0, 0.05) is 16.7 Å². The van der Waals surface area contributed by atoms with Crippen molar-refractivity contribution in [3.8, 4) is 45.3 Å². The zero-order chi connectivity index (χ0) is 30.5. The van der Waals surface area contributed by atoms with E-state index in [4.69, 9.17) is 15.0 Å². The maximum Gasteiger partial charge on any atom is 0.164 e. The molecule has 0 saturated carbocycles. The van der Waals surface area contributed by atoms with Crippen molar-refractivity contribution in [1.82, 2.24) is 15.0 Å². The minimum absolute atomic E-state index is 0.649. The molecule has 46 heavy (non-hydrogen) atoms. The molecule has 9 rings (SSSR count). The lowest BCUT2D eigenvalue weighted by Crippen LogP contribution is -2.01. The second-order valence-electron chi connectivity index (χ2n) is 11.6. The van der Waals surface area contributed by atoms with Crippen LogP contribution in [0.3, 0.4) is 0 Å². The van der Waals surface area contributed by atoms with Gasteiger partial charge in [0.25, 0.3) is 0 Å². The molecule has 0 radical (unpaired) electrons. The monoisotopic (exact) mass is 585 g/mol. The second-order valence-corrected chi connectivity index (χ2v) is 11.6. The lowest BCUT2D eigenvalue weighted by Gasteiger charge is -2.18. The highest BCUT2D eigenvalue weighted by molar-refractivity contribution is 6.33. The number of benzene rings is 8. The summed E-state index contributed by atoms with van der Waals surface area (Å²) >= 11 is 0. The van der Waals surface area contributed by atoms with Gasteiger partial charge in [-0.05, 0) is 60.3 Å². The third kappa shape index (κ3) is 4.25. The Labute approximate surface area is 266 Å². The van der Waals surface area contributed by atoms with Gasteiger partial charge in [-0.15, -0.1) is 0 Å². The summed E-state index contributed by atoms with van der Waals surface area (Å²) in [6.45, 7) is 0. The normalized spacial score (nSPS) is 11.5. The van der Waals surface area contributed by atoms with E-state index in [1.807, 2.05) is 60.7 Å². The molecule has 3 heteroatoms. The standard InChI is InChI=1S/C43H27N3/c1-3-15-28(16-4-1)41-44-42(29-17-5-2-6-18-29)46-43(45-41)37-26-14-11-23-34(37)38-27-39-32-21-8-7-19-30(32)31-20-9-12-24-35(31)40(39)36-25-13-10-22-33(36)38/h1-27H. The molecule has 8 aromatic carbocycles. The quantitative estimate of drug-likeness (QED) is 0.193. The molecule has 0 fully saturated rings. The van der Waals surface area contributed by atoms with Gasteiger partial charge < -0.3 is 0 Å². The van der Waals surface area contributed by atoms with Crippen molar-refractivity contribution >= 4 is 43.1 Å². The van der Waals surface area contributed by atoms with Crippen LogP contribution in [0.2, 0.25) is 0 Å². The van der Waals surface area contributed by atoms with Crippen molar-refractivity contribution in [3.05, 3.63) is 164 Å². The van der Waals surface area contributed by atoms with E-state index in [1.54, 1.807) is 0 Å². The predicted octanol–water partition coefficient (Wildman–Crippen LogP) is 11.2. The van der Waals surface area contributed by atoms with Gasteiger partial charge in [0.05, 0.1) is 0 Å². The lowest BCUT2D eigenvalue weighted by molar-refractivity contribution is 1.07. The summed E-state index contributed by atoms with van der Waals surface area (Å²) in [5.41, 5.74) is 5.11. The Kier molecular flexibility index (Phi) is 6.14. The summed E-state index contributed by atoms with van der Waals surface area (Å²) in [7, 11) is 0. The molecule has 1 aromatic heterocycles. The molecule has 0 amide bonds. The summed E-state index contributed by atoms with van der Waals surface area (Å²) < 4.78 is 0. The van der Waals surface area contributed by atoms with Gasteiger partial charge in [0.15, 0.2) is 17.5 Å². The van der Waals surface area contributed by atoms with Crippen LogP contribution in [0.4, 0.5) is 0 Å². The average Bonchev–Trinajstić information content (AvgIpc) is 3.15. The summed E-state index contributed by atoms with van der Waals surface area (Å²) in [6, 6.07) is 57.5. The molecule has 0 aliphatic heterocycles. The first-order valence-electron chi connectivity index (χ1n) is 15.5. The van der Waals surface area contributed by atoms with Crippen molar-refractivity contribution in [2.75, 3.05) is 0 Å². The minimum atomic E-state index is 0.649. The molecule has 0 N–H and O–H groups in total. The van der Waals surface area contributed by atoms with Crippen LogP contribution in [-0.4, -0.2) is 15.0 Å². The van der Waals surface area contributed by atoms with E-state index in [2.05, 4.69) is 103 Å². The van der Waals surface area contributed by atoms with Crippen LogP contribution in [0, 0.1) is 0 Å². The Morgan fingerprint density at radius 2 is 0.652 bits per heavy atom. The zero-order valence-electron chi connectivity index (χ0n) is 24.9. The van der Waals surface area contributed by atoms with Crippen LogP contribution < -0.4 is 0 Å². The maximum absolute atomic E-state index is 5.10. The molecule has 0 unspecified atom stereocenters. The molecule has 0 spiro atoms. The SMILES string of the molecule is c1ccc(-c2nc(-c3ccccc3)nc(-c3ccccc3-c3cc4c5ccccc5c5ccccc5c4c4ccccc34)n2)cc1. The van der Waals surface area contributed by atoms with E-state index in [-0.39, 0.29) is 0 Å². The first-order chi connectivity index (χ1) is 22.8. The summed E-state index contributed by atoms with van der Waals surface area (Å²) in [4.78, 5) is 15.1. The van der Waals surface area contributed by atoms with Crippen molar-refractivity contribution in [2.45, 2.75) is 0 Å². The topological polar surface area (TPSA) is 38.7 Å². The number of hydrogen-bond donors (Lipinski definition) is 0. The summed E-state index contributed by atoms with van der Waals surface area (Å²) in [5, 5.41) is 10.0. The Morgan fingerprint density at radius 1 is 0.261 bits per heavy atom. The molecule has 0 atom stereocenters. The van der Waals surface area contributed by atoms with Crippen LogP contribution >= 0.6 is 0 Å². The number of nitrogens with zero attached hydrogens (tertiary/aromatic N) is 3.